The van der Waals surface area contributed by atoms with Gasteiger partial charge < -0.3 is 14.4 Å². The Bertz CT molecular complexity index is 660. The van der Waals surface area contributed by atoms with E-state index >= 15 is 0 Å². The third-order valence-corrected chi connectivity index (χ3v) is 4.41. The van der Waals surface area contributed by atoms with E-state index in [2.05, 4.69) is 29.5 Å². The monoisotopic (exact) mass is 318 g/mol. The maximum Gasteiger partial charge on any atom is 0.164 e. The first kappa shape index (κ1) is 15.9. The summed E-state index contributed by atoms with van der Waals surface area (Å²) in [5.74, 6) is 2.15. The Balaban J connectivity index is 1.68. The number of anilines is 1. The molecule has 0 aliphatic carbocycles. The number of halogens is 1. The van der Waals surface area contributed by atoms with E-state index in [1.54, 1.807) is 12.3 Å². The van der Waals surface area contributed by atoms with Crippen LogP contribution in [0.5, 0.6) is 0 Å². The van der Waals surface area contributed by atoms with Crippen molar-refractivity contribution in [2.45, 2.75) is 25.3 Å². The number of nitrogens with zero attached hydrogens (tertiary/aromatic N) is 6. The largest absolute Gasteiger partial charge is 0.369 e. The Labute approximate surface area is 135 Å². The van der Waals surface area contributed by atoms with Crippen LogP contribution in [0.1, 0.15) is 30.4 Å². The highest BCUT2D eigenvalue weighted by Crippen LogP contribution is 2.30. The first-order chi connectivity index (χ1) is 11.1. The lowest BCUT2D eigenvalue weighted by atomic mass is 9.95. The molecule has 2 aromatic rings. The quantitative estimate of drug-likeness (QED) is 0.860. The number of hydrogen-bond donors (Lipinski definition) is 0. The van der Waals surface area contributed by atoms with Crippen LogP contribution in [0.15, 0.2) is 18.5 Å². The molecule has 0 radical (unpaired) electrons. The maximum absolute atomic E-state index is 13.8. The second-order valence-corrected chi connectivity index (χ2v) is 6.36. The fraction of sp³-hybridized carbons (Fsp3) is 0.562. The molecule has 2 aromatic heterocycles. The van der Waals surface area contributed by atoms with E-state index in [4.69, 9.17) is 0 Å². The van der Waals surface area contributed by atoms with Gasteiger partial charge in [0.05, 0.1) is 18.4 Å². The van der Waals surface area contributed by atoms with Crippen molar-refractivity contribution >= 4 is 5.69 Å². The topological polar surface area (TPSA) is 50.1 Å². The molecule has 0 atom stereocenters. The highest BCUT2D eigenvalue weighted by Gasteiger charge is 2.26. The van der Waals surface area contributed by atoms with Crippen LogP contribution in [0.25, 0.3) is 0 Å². The number of pyridine rings is 1. The summed E-state index contributed by atoms with van der Waals surface area (Å²) in [7, 11) is 6.08. The number of rotatable bonds is 4. The van der Waals surface area contributed by atoms with Gasteiger partial charge in [-0.05, 0) is 33.0 Å². The number of aromatic nitrogens is 4. The minimum atomic E-state index is -0.252. The van der Waals surface area contributed by atoms with E-state index in [-0.39, 0.29) is 5.82 Å². The lowest BCUT2D eigenvalue weighted by Gasteiger charge is -2.33. The summed E-state index contributed by atoms with van der Waals surface area (Å²) in [4.78, 5) is 7.99. The van der Waals surface area contributed by atoms with Gasteiger partial charge in [-0.25, -0.2) is 4.39 Å². The Morgan fingerprint density at radius 3 is 2.65 bits per heavy atom. The van der Waals surface area contributed by atoms with E-state index in [1.165, 1.54) is 6.20 Å². The Kier molecular flexibility index (Phi) is 4.56. The van der Waals surface area contributed by atoms with Crippen LogP contribution in [-0.2, 0) is 13.6 Å². The lowest BCUT2D eigenvalue weighted by Crippen LogP contribution is -2.34. The standard InChI is InChI=1S/C16H23FN6/c1-21(2)11-15-19-20-16(22(15)3)12-5-8-23(9-6-12)14-4-7-18-10-13(14)17/h4,7,10,12H,5-6,8-9,11H2,1-3H3. The fourth-order valence-electron chi connectivity index (χ4n) is 3.15. The molecule has 7 heteroatoms. The van der Waals surface area contributed by atoms with Gasteiger partial charge in [-0.1, -0.05) is 0 Å². The average Bonchev–Trinajstić information content (AvgIpc) is 2.88. The van der Waals surface area contributed by atoms with Crippen LogP contribution < -0.4 is 4.90 Å². The summed E-state index contributed by atoms with van der Waals surface area (Å²) in [5, 5.41) is 8.70. The van der Waals surface area contributed by atoms with Crippen molar-refractivity contribution in [1.82, 2.24) is 24.6 Å². The molecule has 23 heavy (non-hydrogen) atoms. The van der Waals surface area contributed by atoms with Crippen LogP contribution in [0, 0.1) is 5.82 Å². The molecule has 0 aromatic carbocycles. The van der Waals surface area contributed by atoms with Crippen LogP contribution in [0.2, 0.25) is 0 Å². The van der Waals surface area contributed by atoms with E-state index in [9.17, 15) is 4.39 Å². The van der Waals surface area contributed by atoms with E-state index in [1.807, 2.05) is 21.1 Å². The fourth-order valence-corrected chi connectivity index (χ4v) is 3.15. The number of piperidine rings is 1. The van der Waals surface area contributed by atoms with Crippen molar-refractivity contribution in [2.75, 3.05) is 32.1 Å². The summed E-state index contributed by atoms with van der Waals surface area (Å²) in [6, 6.07) is 1.74. The average molecular weight is 318 g/mol. The molecule has 1 fully saturated rings. The molecule has 0 unspecified atom stereocenters. The maximum atomic E-state index is 13.8. The summed E-state index contributed by atoms with van der Waals surface area (Å²) >= 11 is 0. The summed E-state index contributed by atoms with van der Waals surface area (Å²) in [6.45, 7) is 2.42. The van der Waals surface area contributed by atoms with Crippen molar-refractivity contribution in [3.63, 3.8) is 0 Å². The van der Waals surface area contributed by atoms with Crippen molar-refractivity contribution in [2.24, 2.45) is 7.05 Å². The minimum Gasteiger partial charge on any atom is -0.369 e. The highest BCUT2D eigenvalue weighted by atomic mass is 19.1. The van der Waals surface area contributed by atoms with Gasteiger partial charge in [0.15, 0.2) is 5.82 Å². The third kappa shape index (κ3) is 3.34. The van der Waals surface area contributed by atoms with Crippen molar-refractivity contribution in [1.29, 1.82) is 0 Å². The lowest BCUT2D eigenvalue weighted by molar-refractivity contribution is 0.381. The summed E-state index contributed by atoms with van der Waals surface area (Å²) < 4.78 is 16.0. The van der Waals surface area contributed by atoms with Crippen LogP contribution in [-0.4, -0.2) is 51.8 Å². The first-order valence-corrected chi connectivity index (χ1v) is 7.93. The molecular formula is C16H23FN6. The van der Waals surface area contributed by atoms with Gasteiger partial charge in [0.25, 0.3) is 0 Å². The van der Waals surface area contributed by atoms with E-state index < -0.39 is 0 Å². The Morgan fingerprint density at radius 2 is 2.00 bits per heavy atom. The van der Waals surface area contributed by atoms with Gasteiger partial charge in [0.1, 0.15) is 11.6 Å². The third-order valence-electron chi connectivity index (χ3n) is 4.41. The van der Waals surface area contributed by atoms with Crippen molar-refractivity contribution in [3.05, 3.63) is 35.9 Å². The second-order valence-electron chi connectivity index (χ2n) is 6.36. The van der Waals surface area contributed by atoms with E-state index in [0.717, 1.165) is 44.1 Å². The predicted octanol–water partition coefficient (Wildman–Crippen LogP) is 1.79. The molecular weight excluding hydrogens is 295 g/mol. The molecule has 1 aliphatic heterocycles. The molecule has 0 bridgehead atoms. The smallest absolute Gasteiger partial charge is 0.164 e. The van der Waals surface area contributed by atoms with Gasteiger partial charge in [-0.3, -0.25) is 4.98 Å². The zero-order valence-corrected chi connectivity index (χ0v) is 13.9. The van der Waals surface area contributed by atoms with Crippen molar-refractivity contribution < 1.29 is 4.39 Å². The molecule has 6 nitrogen and oxygen atoms in total. The zero-order valence-electron chi connectivity index (χ0n) is 13.9. The Hall–Kier alpha value is -2.02. The molecule has 1 aliphatic rings. The zero-order chi connectivity index (χ0) is 16.4. The van der Waals surface area contributed by atoms with Gasteiger partial charge in [0, 0.05) is 32.3 Å². The van der Waals surface area contributed by atoms with Gasteiger partial charge >= 0.3 is 0 Å². The molecule has 1 saturated heterocycles. The van der Waals surface area contributed by atoms with Crippen LogP contribution >= 0.6 is 0 Å². The second kappa shape index (κ2) is 6.62. The molecule has 0 saturated carbocycles. The van der Waals surface area contributed by atoms with Gasteiger partial charge in [-0.15, -0.1) is 10.2 Å². The van der Waals surface area contributed by atoms with Crippen LogP contribution in [0.3, 0.4) is 0 Å². The highest BCUT2D eigenvalue weighted by molar-refractivity contribution is 5.46. The minimum absolute atomic E-state index is 0.252. The molecule has 0 amide bonds. The summed E-state index contributed by atoms with van der Waals surface area (Å²) in [5.41, 5.74) is 0.643. The molecule has 3 heterocycles. The number of hydrogen-bond acceptors (Lipinski definition) is 5. The van der Waals surface area contributed by atoms with Crippen molar-refractivity contribution in [3.8, 4) is 0 Å². The van der Waals surface area contributed by atoms with Gasteiger partial charge in [-0.2, -0.15) is 0 Å². The molecule has 0 spiro atoms. The van der Waals surface area contributed by atoms with E-state index in [0.29, 0.717) is 11.6 Å². The SMILES string of the molecule is CN(C)Cc1nnc(C2CCN(c3ccncc3F)CC2)n1C. The molecule has 124 valence electrons. The first-order valence-electron chi connectivity index (χ1n) is 7.93. The summed E-state index contributed by atoms with van der Waals surface area (Å²) in [6.07, 6.45) is 4.82. The van der Waals surface area contributed by atoms with Gasteiger partial charge in [0.2, 0.25) is 0 Å². The molecule has 3 rings (SSSR count). The Morgan fingerprint density at radius 1 is 1.26 bits per heavy atom. The van der Waals surface area contributed by atoms with Crippen LogP contribution in [0.4, 0.5) is 10.1 Å². The molecule has 0 N–H and O–H groups in total. The predicted molar refractivity (Wildman–Crippen MR) is 86.8 cm³/mol. The normalized spacial score (nSPS) is 16.3.